The first-order chi connectivity index (χ1) is 13.0. The summed E-state index contributed by atoms with van der Waals surface area (Å²) in [5.41, 5.74) is 1.25. The van der Waals surface area contributed by atoms with E-state index < -0.39 is 6.10 Å². The number of carbonyl (C=O) groups is 1. The number of hydrogen-bond donors (Lipinski definition) is 1. The third-order valence-corrected chi connectivity index (χ3v) is 5.14. The van der Waals surface area contributed by atoms with Crippen molar-refractivity contribution < 1.29 is 19.4 Å². The number of ether oxygens (including phenoxy) is 2. The molecule has 7 heteroatoms. The summed E-state index contributed by atoms with van der Waals surface area (Å²) in [6, 6.07) is 8.41. The van der Waals surface area contributed by atoms with Gasteiger partial charge in [-0.25, -0.2) is 4.79 Å². The summed E-state index contributed by atoms with van der Waals surface area (Å²) in [6.07, 6.45) is 1.36. The monoisotopic (exact) mass is 377 g/mol. The van der Waals surface area contributed by atoms with Crippen molar-refractivity contribution in [2.45, 2.75) is 31.5 Å². The minimum absolute atomic E-state index is 0.153. The van der Waals surface area contributed by atoms with E-state index in [9.17, 15) is 9.90 Å². The maximum Gasteiger partial charge on any atom is 0.410 e. The van der Waals surface area contributed by atoms with Gasteiger partial charge in [0.05, 0.1) is 6.54 Å². The predicted molar refractivity (Wildman–Crippen MR) is 103 cm³/mol. The lowest BCUT2D eigenvalue weighted by Crippen LogP contribution is -2.45. The fourth-order valence-electron chi connectivity index (χ4n) is 3.74. The molecule has 2 aliphatic rings. The van der Waals surface area contributed by atoms with Crippen molar-refractivity contribution in [1.29, 1.82) is 0 Å². The molecule has 0 aliphatic carbocycles. The van der Waals surface area contributed by atoms with Crippen molar-refractivity contribution in [2.75, 3.05) is 53.5 Å². The average Bonchev–Trinajstić information content (AvgIpc) is 3.07. The number of likely N-dealkylation sites (N-methyl/N-ethyl adjacent to an activating group) is 1. The van der Waals surface area contributed by atoms with Gasteiger partial charge in [0.2, 0.25) is 0 Å². The van der Waals surface area contributed by atoms with E-state index in [1.54, 1.807) is 0 Å². The standard InChI is InChI=1S/C20H31N3O4/c1-21(2)14-18(24)15-27-19-5-3-16(4-6-19)13-22-9-7-17(8-10-22)23-11-12-26-20(23)25/h3-6,17-18,24H,7-15H2,1-2H3/t18-/m1/s1. The number of amides is 1. The average molecular weight is 377 g/mol. The fourth-order valence-corrected chi connectivity index (χ4v) is 3.74. The summed E-state index contributed by atoms with van der Waals surface area (Å²) < 4.78 is 10.7. The van der Waals surface area contributed by atoms with Crippen LogP contribution in [0.3, 0.4) is 0 Å². The zero-order valence-corrected chi connectivity index (χ0v) is 16.3. The number of nitrogens with zero attached hydrogens (tertiary/aromatic N) is 3. The van der Waals surface area contributed by atoms with E-state index in [-0.39, 0.29) is 6.09 Å². The van der Waals surface area contributed by atoms with Crippen molar-refractivity contribution in [2.24, 2.45) is 0 Å². The number of benzene rings is 1. The molecule has 0 spiro atoms. The van der Waals surface area contributed by atoms with Gasteiger partial charge in [0.25, 0.3) is 0 Å². The summed E-state index contributed by atoms with van der Waals surface area (Å²) in [6.45, 7) is 5.02. The molecule has 0 unspecified atom stereocenters. The number of cyclic esters (lactones) is 1. The Balaban J connectivity index is 1.40. The van der Waals surface area contributed by atoms with Crippen LogP contribution in [0.4, 0.5) is 4.79 Å². The first kappa shape index (κ1) is 19.9. The zero-order valence-electron chi connectivity index (χ0n) is 16.3. The van der Waals surface area contributed by atoms with Crippen LogP contribution in [0.15, 0.2) is 24.3 Å². The quantitative estimate of drug-likeness (QED) is 0.739. The van der Waals surface area contributed by atoms with Crippen molar-refractivity contribution >= 4 is 6.09 Å². The number of carbonyl (C=O) groups excluding carboxylic acids is 1. The normalized spacial score (nSPS) is 20.1. The Bertz CT molecular complexity index is 600. The van der Waals surface area contributed by atoms with E-state index in [2.05, 4.69) is 17.0 Å². The van der Waals surface area contributed by atoms with Gasteiger partial charge in [-0.3, -0.25) is 4.90 Å². The third-order valence-electron chi connectivity index (χ3n) is 5.14. The fraction of sp³-hybridized carbons (Fsp3) is 0.650. The largest absolute Gasteiger partial charge is 0.491 e. The molecule has 3 rings (SSSR count). The number of aliphatic hydroxyl groups is 1. The van der Waals surface area contributed by atoms with Gasteiger partial charge in [-0.2, -0.15) is 0 Å². The Hall–Kier alpha value is -1.83. The maximum absolute atomic E-state index is 11.7. The number of likely N-dealkylation sites (tertiary alicyclic amines) is 1. The Morgan fingerprint density at radius 3 is 2.52 bits per heavy atom. The van der Waals surface area contributed by atoms with E-state index >= 15 is 0 Å². The van der Waals surface area contributed by atoms with E-state index in [0.29, 0.717) is 25.8 Å². The highest BCUT2D eigenvalue weighted by atomic mass is 16.6. The SMILES string of the molecule is CN(C)C[C@@H](O)COc1ccc(CN2CCC(N3CCOC3=O)CC2)cc1. The Morgan fingerprint density at radius 1 is 1.22 bits per heavy atom. The van der Waals surface area contributed by atoms with Gasteiger partial charge in [-0.15, -0.1) is 0 Å². The Morgan fingerprint density at radius 2 is 1.93 bits per heavy atom. The molecule has 2 heterocycles. The van der Waals surface area contributed by atoms with E-state index in [0.717, 1.165) is 44.8 Å². The van der Waals surface area contributed by atoms with Gasteiger partial charge in [-0.05, 0) is 44.6 Å². The second-order valence-electron chi connectivity index (χ2n) is 7.69. The van der Waals surface area contributed by atoms with E-state index in [4.69, 9.17) is 9.47 Å². The van der Waals surface area contributed by atoms with Gasteiger partial charge in [0.15, 0.2) is 0 Å². The van der Waals surface area contributed by atoms with Crippen LogP contribution in [-0.2, 0) is 11.3 Å². The van der Waals surface area contributed by atoms with Gasteiger partial charge in [0.1, 0.15) is 25.1 Å². The molecule has 1 N–H and O–H groups in total. The molecule has 1 atom stereocenters. The molecule has 2 aliphatic heterocycles. The molecule has 150 valence electrons. The van der Waals surface area contributed by atoms with Gasteiger partial charge in [0, 0.05) is 32.2 Å². The highest BCUT2D eigenvalue weighted by Crippen LogP contribution is 2.22. The van der Waals surface area contributed by atoms with Gasteiger partial charge in [-0.1, -0.05) is 12.1 Å². The minimum atomic E-state index is -0.492. The molecule has 1 aromatic carbocycles. The van der Waals surface area contributed by atoms with Crippen LogP contribution in [0.1, 0.15) is 18.4 Å². The van der Waals surface area contributed by atoms with Crippen LogP contribution in [-0.4, -0.2) is 91.5 Å². The number of hydrogen-bond acceptors (Lipinski definition) is 6. The second kappa shape index (κ2) is 9.39. The van der Waals surface area contributed by atoms with Crippen LogP contribution < -0.4 is 4.74 Å². The molecule has 0 saturated carbocycles. The first-order valence-electron chi connectivity index (χ1n) is 9.71. The number of aliphatic hydroxyl groups excluding tert-OH is 1. The second-order valence-corrected chi connectivity index (χ2v) is 7.69. The summed E-state index contributed by atoms with van der Waals surface area (Å²) in [5.74, 6) is 0.780. The number of rotatable bonds is 8. The van der Waals surface area contributed by atoms with Crippen LogP contribution in [0.25, 0.3) is 0 Å². The van der Waals surface area contributed by atoms with Crippen molar-refractivity contribution in [1.82, 2.24) is 14.7 Å². The first-order valence-corrected chi connectivity index (χ1v) is 9.71. The lowest BCUT2D eigenvalue weighted by molar-refractivity contribution is 0.0831. The van der Waals surface area contributed by atoms with Crippen LogP contribution in [0, 0.1) is 0 Å². The summed E-state index contributed by atoms with van der Waals surface area (Å²) in [7, 11) is 3.86. The number of piperidine rings is 1. The smallest absolute Gasteiger partial charge is 0.410 e. The molecule has 2 saturated heterocycles. The van der Waals surface area contributed by atoms with Crippen molar-refractivity contribution in [3.05, 3.63) is 29.8 Å². The van der Waals surface area contributed by atoms with Gasteiger partial charge < -0.3 is 24.4 Å². The summed E-state index contributed by atoms with van der Waals surface area (Å²) >= 11 is 0. The third kappa shape index (κ3) is 5.82. The van der Waals surface area contributed by atoms with Gasteiger partial charge >= 0.3 is 6.09 Å². The molecule has 2 fully saturated rings. The van der Waals surface area contributed by atoms with Crippen LogP contribution in [0.2, 0.25) is 0 Å². The molecular weight excluding hydrogens is 346 g/mol. The summed E-state index contributed by atoms with van der Waals surface area (Å²) in [4.78, 5) is 17.9. The van der Waals surface area contributed by atoms with E-state index in [1.807, 2.05) is 36.0 Å². The lowest BCUT2D eigenvalue weighted by Gasteiger charge is -2.35. The molecule has 27 heavy (non-hydrogen) atoms. The Labute approximate surface area is 161 Å². The van der Waals surface area contributed by atoms with E-state index in [1.165, 1.54) is 5.56 Å². The van der Waals surface area contributed by atoms with Crippen LogP contribution in [0.5, 0.6) is 5.75 Å². The minimum Gasteiger partial charge on any atom is -0.491 e. The lowest BCUT2D eigenvalue weighted by atomic mass is 10.0. The topological polar surface area (TPSA) is 65.5 Å². The van der Waals surface area contributed by atoms with Crippen molar-refractivity contribution in [3.63, 3.8) is 0 Å². The molecule has 7 nitrogen and oxygen atoms in total. The highest BCUT2D eigenvalue weighted by molar-refractivity contribution is 5.69. The summed E-state index contributed by atoms with van der Waals surface area (Å²) in [5, 5.41) is 9.86. The maximum atomic E-state index is 11.7. The predicted octanol–water partition coefficient (Wildman–Crippen LogP) is 1.40. The highest BCUT2D eigenvalue weighted by Gasteiger charge is 2.32. The molecule has 0 radical (unpaired) electrons. The molecule has 1 amide bonds. The molecule has 0 bridgehead atoms. The molecule has 1 aromatic rings. The van der Waals surface area contributed by atoms with Crippen LogP contribution >= 0.6 is 0 Å². The molecular formula is C20H31N3O4. The zero-order chi connectivity index (χ0) is 19.2. The Kier molecular flexibility index (Phi) is 6.93. The van der Waals surface area contributed by atoms with Crippen molar-refractivity contribution in [3.8, 4) is 5.75 Å². The molecule has 0 aromatic heterocycles.